The normalized spacial score (nSPS) is 11.3. The van der Waals surface area contributed by atoms with Gasteiger partial charge in [0.25, 0.3) is 10.0 Å². The van der Waals surface area contributed by atoms with E-state index in [0.717, 1.165) is 15.9 Å². The molecule has 1 amide bonds. The van der Waals surface area contributed by atoms with E-state index >= 15 is 0 Å². The number of rotatable bonds is 6. The van der Waals surface area contributed by atoms with E-state index in [9.17, 15) is 17.6 Å². The highest BCUT2D eigenvalue weighted by molar-refractivity contribution is 7.92. The second kappa shape index (κ2) is 9.44. The largest absolute Gasteiger partial charge is 0.324 e. The van der Waals surface area contributed by atoms with Crippen LogP contribution in [0.4, 0.5) is 15.8 Å². The fourth-order valence-electron chi connectivity index (χ4n) is 2.74. The van der Waals surface area contributed by atoms with Gasteiger partial charge in [-0.3, -0.25) is 9.10 Å². The molecule has 0 heterocycles. The van der Waals surface area contributed by atoms with Gasteiger partial charge in [0.2, 0.25) is 5.91 Å². The molecule has 0 radical (unpaired) electrons. The lowest BCUT2D eigenvalue weighted by Crippen LogP contribution is -2.38. The summed E-state index contributed by atoms with van der Waals surface area (Å²) < 4.78 is 40.9. The van der Waals surface area contributed by atoms with Crippen LogP contribution in [0.2, 0.25) is 15.1 Å². The summed E-state index contributed by atoms with van der Waals surface area (Å²) in [6.07, 6.45) is 0. The van der Waals surface area contributed by atoms with Gasteiger partial charge in [-0.25, -0.2) is 12.8 Å². The number of hydrogen-bond acceptors (Lipinski definition) is 3. The Bertz CT molecular complexity index is 1210. The Morgan fingerprint density at radius 2 is 1.58 bits per heavy atom. The summed E-state index contributed by atoms with van der Waals surface area (Å²) in [5, 5.41) is 2.74. The zero-order chi connectivity index (χ0) is 22.8. The first-order valence-electron chi connectivity index (χ1n) is 8.86. The van der Waals surface area contributed by atoms with E-state index in [2.05, 4.69) is 5.32 Å². The molecule has 0 bridgehead atoms. The third-order valence-corrected chi connectivity index (χ3v) is 6.75. The standard InChI is InChI=1S/C21H16Cl3FN2O3S/c1-13-2-5-18(6-3-13)31(29,30)27(17-9-14(22)8-15(23)10-17)12-21(28)26-16-4-7-20(25)19(24)11-16/h2-11H,12H2,1H3,(H,26,28). The van der Waals surface area contributed by atoms with E-state index in [1.165, 1.54) is 42.5 Å². The highest BCUT2D eigenvalue weighted by Crippen LogP contribution is 2.30. The van der Waals surface area contributed by atoms with Crippen LogP contribution in [0.5, 0.6) is 0 Å². The average molecular weight is 502 g/mol. The molecule has 162 valence electrons. The maximum atomic E-state index is 13.4. The summed E-state index contributed by atoms with van der Waals surface area (Å²) in [5.74, 6) is -1.31. The fourth-order valence-corrected chi connectivity index (χ4v) is 4.84. The maximum Gasteiger partial charge on any atom is 0.264 e. The average Bonchev–Trinajstić information content (AvgIpc) is 2.68. The van der Waals surface area contributed by atoms with Gasteiger partial charge in [-0.05, 0) is 55.5 Å². The second-order valence-electron chi connectivity index (χ2n) is 6.63. The van der Waals surface area contributed by atoms with Gasteiger partial charge >= 0.3 is 0 Å². The van der Waals surface area contributed by atoms with Crippen LogP contribution in [0, 0.1) is 12.7 Å². The first-order chi connectivity index (χ1) is 14.6. The maximum absolute atomic E-state index is 13.4. The molecular formula is C21H16Cl3FN2O3S. The molecule has 3 aromatic rings. The first kappa shape index (κ1) is 23.3. The summed E-state index contributed by atoms with van der Waals surface area (Å²) in [4.78, 5) is 12.7. The van der Waals surface area contributed by atoms with Gasteiger partial charge in [0.05, 0.1) is 15.6 Å². The van der Waals surface area contributed by atoms with Gasteiger partial charge in [-0.2, -0.15) is 0 Å². The van der Waals surface area contributed by atoms with Crippen molar-refractivity contribution >= 4 is 62.1 Å². The quantitative estimate of drug-likeness (QED) is 0.455. The number of nitrogens with one attached hydrogen (secondary N) is 1. The van der Waals surface area contributed by atoms with Crippen molar-refractivity contribution in [2.75, 3.05) is 16.2 Å². The van der Waals surface area contributed by atoms with Crippen molar-refractivity contribution in [1.29, 1.82) is 0 Å². The van der Waals surface area contributed by atoms with E-state index in [-0.39, 0.29) is 31.3 Å². The van der Waals surface area contributed by atoms with Crippen molar-refractivity contribution in [3.63, 3.8) is 0 Å². The minimum absolute atomic E-state index is 0.00757. The van der Waals surface area contributed by atoms with Gasteiger partial charge in [0.15, 0.2) is 0 Å². The Morgan fingerprint density at radius 3 is 2.16 bits per heavy atom. The number of halogens is 4. The van der Waals surface area contributed by atoms with Crippen molar-refractivity contribution in [3.05, 3.63) is 87.1 Å². The Morgan fingerprint density at radius 1 is 0.968 bits per heavy atom. The van der Waals surface area contributed by atoms with Gasteiger partial charge in [-0.1, -0.05) is 52.5 Å². The summed E-state index contributed by atoms with van der Waals surface area (Å²) in [6.45, 7) is 1.24. The highest BCUT2D eigenvalue weighted by atomic mass is 35.5. The van der Waals surface area contributed by atoms with Crippen LogP contribution >= 0.6 is 34.8 Å². The topological polar surface area (TPSA) is 66.5 Å². The number of carbonyl (C=O) groups is 1. The molecule has 1 N–H and O–H groups in total. The Balaban J connectivity index is 1.98. The molecule has 0 aromatic heterocycles. The van der Waals surface area contributed by atoms with Gasteiger partial charge in [0, 0.05) is 15.7 Å². The Kier molecular flexibility index (Phi) is 7.11. The number of nitrogens with zero attached hydrogens (tertiary/aromatic N) is 1. The minimum atomic E-state index is -4.14. The van der Waals surface area contributed by atoms with Crippen LogP contribution in [-0.4, -0.2) is 20.9 Å². The molecule has 0 spiro atoms. The van der Waals surface area contributed by atoms with Crippen LogP contribution in [0.15, 0.2) is 65.6 Å². The van der Waals surface area contributed by atoms with E-state index in [4.69, 9.17) is 34.8 Å². The summed E-state index contributed by atoms with van der Waals surface area (Å²) in [5.41, 5.74) is 1.21. The number of sulfonamides is 1. The second-order valence-corrected chi connectivity index (χ2v) is 9.77. The van der Waals surface area contributed by atoms with E-state index in [0.29, 0.717) is 0 Å². The van der Waals surface area contributed by atoms with Crippen molar-refractivity contribution in [2.24, 2.45) is 0 Å². The zero-order valence-corrected chi connectivity index (χ0v) is 19.2. The number of anilines is 2. The molecule has 0 aliphatic rings. The number of hydrogen-bond donors (Lipinski definition) is 1. The molecule has 5 nitrogen and oxygen atoms in total. The first-order valence-corrected chi connectivity index (χ1v) is 11.4. The summed E-state index contributed by atoms with van der Waals surface area (Å²) >= 11 is 17.8. The van der Waals surface area contributed by atoms with Crippen molar-refractivity contribution in [3.8, 4) is 0 Å². The van der Waals surface area contributed by atoms with Gasteiger partial charge in [0.1, 0.15) is 12.4 Å². The summed E-state index contributed by atoms with van der Waals surface area (Å²) in [7, 11) is -4.14. The molecule has 0 saturated carbocycles. The van der Waals surface area contributed by atoms with E-state index in [1.807, 2.05) is 6.92 Å². The van der Waals surface area contributed by atoms with Crippen LogP contribution in [-0.2, 0) is 14.8 Å². The predicted octanol–water partition coefficient (Wildman–Crippen LogP) is 5.93. The lowest BCUT2D eigenvalue weighted by molar-refractivity contribution is -0.114. The molecule has 0 saturated heterocycles. The molecule has 0 aliphatic heterocycles. The van der Waals surface area contributed by atoms with Crippen LogP contribution in [0.3, 0.4) is 0 Å². The molecular weight excluding hydrogens is 486 g/mol. The van der Waals surface area contributed by atoms with Crippen molar-refractivity contribution < 1.29 is 17.6 Å². The number of aryl methyl sites for hydroxylation is 1. The molecule has 0 atom stereocenters. The number of amides is 1. The highest BCUT2D eigenvalue weighted by Gasteiger charge is 2.28. The van der Waals surface area contributed by atoms with Crippen LogP contribution in [0.25, 0.3) is 0 Å². The third-order valence-electron chi connectivity index (χ3n) is 4.23. The Labute approximate surface area is 194 Å². The molecule has 0 fully saturated rings. The molecule has 3 rings (SSSR count). The minimum Gasteiger partial charge on any atom is -0.324 e. The van der Waals surface area contributed by atoms with Gasteiger partial charge in [-0.15, -0.1) is 0 Å². The third kappa shape index (κ3) is 5.68. The number of carbonyl (C=O) groups excluding carboxylic acids is 1. The van der Waals surface area contributed by atoms with Crippen molar-refractivity contribution in [1.82, 2.24) is 0 Å². The smallest absolute Gasteiger partial charge is 0.264 e. The molecule has 10 heteroatoms. The van der Waals surface area contributed by atoms with Crippen LogP contribution < -0.4 is 9.62 Å². The SMILES string of the molecule is Cc1ccc(S(=O)(=O)N(CC(=O)Nc2ccc(F)c(Cl)c2)c2cc(Cl)cc(Cl)c2)cc1. The Hall–Kier alpha value is -2.32. The van der Waals surface area contributed by atoms with E-state index < -0.39 is 28.3 Å². The molecule has 31 heavy (non-hydrogen) atoms. The monoisotopic (exact) mass is 500 g/mol. The summed E-state index contributed by atoms with van der Waals surface area (Å²) in [6, 6.07) is 14.1. The molecule has 0 aliphatic carbocycles. The fraction of sp³-hybridized carbons (Fsp3) is 0.0952. The lowest BCUT2D eigenvalue weighted by atomic mass is 10.2. The number of benzene rings is 3. The predicted molar refractivity (Wildman–Crippen MR) is 122 cm³/mol. The molecule has 3 aromatic carbocycles. The van der Waals surface area contributed by atoms with Crippen LogP contribution in [0.1, 0.15) is 5.56 Å². The van der Waals surface area contributed by atoms with Crippen molar-refractivity contribution in [2.45, 2.75) is 11.8 Å². The zero-order valence-electron chi connectivity index (χ0n) is 16.1. The van der Waals surface area contributed by atoms with E-state index in [1.54, 1.807) is 12.1 Å². The van der Waals surface area contributed by atoms with Gasteiger partial charge < -0.3 is 5.32 Å². The lowest BCUT2D eigenvalue weighted by Gasteiger charge is -2.24. The molecule has 0 unspecified atom stereocenters.